The molecule has 0 aliphatic heterocycles. The summed E-state index contributed by atoms with van der Waals surface area (Å²) in [5, 5.41) is 10.5. The van der Waals surface area contributed by atoms with E-state index in [9.17, 15) is 14.7 Å². The van der Waals surface area contributed by atoms with Crippen molar-refractivity contribution in [3.05, 3.63) is 57.6 Å². The number of unbranched alkanes of at least 4 members (excludes halogenated alkanes) is 1. The van der Waals surface area contributed by atoms with Gasteiger partial charge in [0.2, 0.25) is 0 Å². The molecule has 0 fully saturated rings. The largest absolute Gasteiger partial charge is 0.505 e. The van der Waals surface area contributed by atoms with Crippen LogP contribution < -0.4 is 10.5 Å². The Balaban J connectivity index is 0.00000544. The Morgan fingerprint density at radius 3 is 2.45 bits per heavy atom. The van der Waals surface area contributed by atoms with Crippen LogP contribution in [0, 0.1) is 0 Å². The number of hydrogen-bond acceptors (Lipinski definition) is 6. The van der Waals surface area contributed by atoms with Crippen LogP contribution in [0.3, 0.4) is 0 Å². The highest BCUT2D eigenvalue weighted by Crippen LogP contribution is 2.42. The molecule has 2 aromatic rings. The number of rotatable bonds is 11. The molecule has 0 bridgehead atoms. The molecule has 0 radical (unpaired) electrons. The van der Waals surface area contributed by atoms with Crippen molar-refractivity contribution in [2.45, 2.75) is 32.2 Å². The molecule has 0 aromatic heterocycles. The van der Waals surface area contributed by atoms with Gasteiger partial charge in [-0.15, -0.1) is 12.4 Å². The number of likely N-dealkylation sites (N-methyl/N-ethyl adjacent to an activating group) is 1. The second-order valence-electron chi connectivity index (χ2n) is 7.12. The molecule has 2 aromatic carbocycles. The first-order valence-electron chi connectivity index (χ1n) is 10.3. The molecule has 0 saturated heterocycles. The number of aromatic hydroxyl groups is 1. The molecule has 0 aliphatic rings. The third-order valence-corrected chi connectivity index (χ3v) is 5.48. The van der Waals surface area contributed by atoms with E-state index in [4.69, 9.17) is 38.4 Å². The van der Waals surface area contributed by atoms with Gasteiger partial charge in [0.1, 0.15) is 11.1 Å². The lowest BCUT2D eigenvalue weighted by atomic mass is 10.0. The lowest BCUT2D eigenvalue weighted by Gasteiger charge is -2.27. The van der Waals surface area contributed by atoms with Gasteiger partial charge < -0.3 is 25.2 Å². The number of carbonyl (C=O) groups is 2. The summed E-state index contributed by atoms with van der Waals surface area (Å²) >= 11 is 12.5. The van der Waals surface area contributed by atoms with Crippen molar-refractivity contribution in [3.63, 3.8) is 0 Å². The second kappa shape index (κ2) is 14.2. The van der Waals surface area contributed by atoms with Crippen molar-refractivity contribution in [2.75, 3.05) is 26.8 Å². The lowest BCUT2D eigenvalue weighted by molar-refractivity contribution is -0.148. The van der Waals surface area contributed by atoms with Crippen molar-refractivity contribution < 1.29 is 24.2 Å². The fraction of sp³-hybridized carbons (Fsp3) is 0.391. The van der Waals surface area contributed by atoms with Gasteiger partial charge in [0.25, 0.3) is 5.91 Å². The third kappa shape index (κ3) is 7.67. The summed E-state index contributed by atoms with van der Waals surface area (Å²) in [7, 11) is 1.46. The number of carbonyl (C=O) groups excluding carboxylic acids is 2. The zero-order valence-corrected chi connectivity index (χ0v) is 20.9. The van der Waals surface area contributed by atoms with Crippen LogP contribution in [-0.4, -0.2) is 54.7 Å². The predicted octanol–water partition coefficient (Wildman–Crippen LogP) is 4.48. The van der Waals surface area contributed by atoms with Crippen molar-refractivity contribution >= 4 is 47.5 Å². The average Bonchev–Trinajstić information content (AvgIpc) is 2.79. The van der Waals surface area contributed by atoms with Crippen LogP contribution in [0.15, 0.2) is 36.4 Å². The third-order valence-electron chi connectivity index (χ3n) is 4.84. The summed E-state index contributed by atoms with van der Waals surface area (Å²) in [5.74, 6) is -1.56. The first-order chi connectivity index (χ1) is 15.3. The van der Waals surface area contributed by atoms with Gasteiger partial charge in [-0.1, -0.05) is 53.5 Å². The SMILES string of the molecule is CCOC(=O)[C@H](Cc1ccccc1)N(C)C(=O)c1cc(Cl)c(OCCCCN)c(Cl)c1O.Cl. The van der Waals surface area contributed by atoms with E-state index in [1.807, 2.05) is 30.3 Å². The van der Waals surface area contributed by atoms with E-state index in [0.29, 0.717) is 19.6 Å². The Bertz CT molecular complexity index is 928. The van der Waals surface area contributed by atoms with Crippen LogP contribution in [0.5, 0.6) is 11.5 Å². The number of hydrogen-bond donors (Lipinski definition) is 2. The monoisotopic (exact) mass is 518 g/mol. The van der Waals surface area contributed by atoms with Crippen molar-refractivity contribution in [1.82, 2.24) is 4.90 Å². The van der Waals surface area contributed by atoms with Crippen LogP contribution in [0.2, 0.25) is 10.0 Å². The normalized spacial score (nSPS) is 11.3. The molecule has 0 heterocycles. The number of phenols is 1. The Hall–Kier alpha value is -2.19. The van der Waals surface area contributed by atoms with Crippen LogP contribution in [-0.2, 0) is 16.0 Å². The highest BCUT2D eigenvalue weighted by atomic mass is 35.5. The van der Waals surface area contributed by atoms with Gasteiger partial charge in [-0.2, -0.15) is 0 Å². The zero-order chi connectivity index (χ0) is 23.7. The van der Waals surface area contributed by atoms with Crippen LogP contribution in [0.25, 0.3) is 0 Å². The number of esters is 1. The summed E-state index contributed by atoms with van der Waals surface area (Å²) in [6, 6.07) is 9.63. The van der Waals surface area contributed by atoms with Crippen LogP contribution in [0.4, 0.5) is 0 Å². The average molecular weight is 520 g/mol. The fourth-order valence-electron chi connectivity index (χ4n) is 3.09. The van der Waals surface area contributed by atoms with Gasteiger partial charge in [0, 0.05) is 13.5 Å². The topological polar surface area (TPSA) is 102 Å². The summed E-state index contributed by atoms with van der Waals surface area (Å²) < 4.78 is 10.7. The predicted molar refractivity (Wildman–Crippen MR) is 132 cm³/mol. The molecule has 1 amide bonds. The van der Waals surface area contributed by atoms with E-state index in [1.165, 1.54) is 18.0 Å². The van der Waals surface area contributed by atoms with E-state index in [0.717, 1.165) is 12.0 Å². The number of nitrogens with zero attached hydrogens (tertiary/aromatic N) is 1. The molecule has 10 heteroatoms. The lowest BCUT2D eigenvalue weighted by Crippen LogP contribution is -2.44. The fourth-order valence-corrected chi connectivity index (χ4v) is 3.66. The molecule has 7 nitrogen and oxygen atoms in total. The summed E-state index contributed by atoms with van der Waals surface area (Å²) in [6.07, 6.45) is 1.69. The van der Waals surface area contributed by atoms with Gasteiger partial charge in [0.15, 0.2) is 11.5 Å². The maximum Gasteiger partial charge on any atom is 0.329 e. The summed E-state index contributed by atoms with van der Waals surface area (Å²) in [6.45, 7) is 2.70. The smallest absolute Gasteiger partial charge is 0.329 e. The first kappa shape index (κ1) is 28.8. The number of halogens is 3. The molecule has 2 rings (SSSR count). The quantitative estimate of drug-likeness (QED) is 0.335. The van der Waals surface area contributed by atoms with Crippen LogP contribution >= 0.6 is 35.6 Å². The number of phenolic OH excluding ortho intramolecular Hbond substituents is 1. The maximum absolute atomic E-state index is 13.2. The van der Waals surface area contributed by atoms with Gasteiger partial charge >= 0.3 is 5.97 Å². The number of amides is 1. The van der Waals surface area contributed by atoms with E-state index in [-0.39, 0.29) is 46.8 Å². The Kier molecular flexibility index (Phi) is 12.4. The molecule has 0 aliphatic carbocycles. The van der Waals surface area contributed by atoms with Gasteiger partial charge in [-0.05, 0) is 37.9 Å². The number of nitrogens with two attached hydrogens (primary N) is 1. The Labute approximate surface area is 210 Å². The Morgan fingerprint density at radius 2 is 1.85 bits per heavy atom. The van der Waals surface area contributed by atoms with Gasteiger partial charge in [-0.3, -0.25) is 4.79 Å². The van der Waals surface area contributed by atoms with E-state index in [1.54, 1.807) is 6.92 Å². The van der Waals surface area contributed by atoms with Gasteiger partial charge in [-0.25, -0.2) is 4.79 Å². The minimum absolute atomic E-state index is 0. The highest BCUT2D eigenvalue weighted by Gasteiger charge is 2.32. The molecule has 0 spiro atoms. The van der Waals surface area contributed by atoms with Crippen molar-refractivity contribution in [2.24, 2.45) is 5.73 Å². The molecular formula is C23H29Cl3N2O5. The summed E-state index contributed by atoms with van der Waals surface area (Å²) in [4.78, 5) is 27.0. The zero-order valence-electron chi connectivity index (χ0n) is 18.6. The minimum atomic E-state index is -0.908. The molecular weight excluding hydrogens is 491 g/mol. The van der Waals surface area contributed by atoms with Crippen molar-refractivity contribution in [3.8, 4) is 11.5 Å². The number of ether oxygens (including phenoxy) is 2. The maximum atomic E-state index is 13.2. The van der Waals surface area contributed by atoms with E-state index in [2.05, 4.69) is 0 Å². The van der Waals surface area contributed by atoms with Crippen LogP contribution in [0.1, 0.15) is 35.7 Å². The molecule has 1 atom stereocenters. The molecule has 0 unspecified atom stereocenters. The summed E-state index contributed by atoms with van der Waals surface area (Å²) in [5.41, 5.74) is 6.18. The Morgan fingerprint density at radius 1 is 1.18 bits per heavy atom. The standard InChI is InChI=1S/C23H28Cl2N2O5.ClH/c1-3-31-23(30)18(13-15-9-5-4-6-10-15)27(2)22(29)16-14-17(24)21(19(25)20(16)28)32-12-8-7-11-26;/h4-6,9-10,14,18,28H,3,7-8,11-13,26H2,1-2H3;1H/t18-;/m0./s1. The second-order valence-corrected chi connectivity index (χ2v) is 7.90. The van der Waals surface area contributed by atoms with E-state index >= 15 is 0 Å². The minimum Gasteiger partial charge on any atom is -0.505 e. The molecule has 182 valence electrons. The molecule has 3 N–H and O–H groups in total. The number of benzene rings is 2. The molecule has 0 saturated carbocycles. The molecule has 33 heavy (non-hydrogen) atoms. The van der Waals surface area contributed by atoms with Gasteiger partial charge in [0.05, 0.1) is 23.8 Å². The van der Waals surface area contributed by atoms with E-state index < -0.39 is 23.7 Å². The highest BCUT2D eigenvalue weighted by molar-refractivity contribution is 6.39. The van der Waals surface area contributed by atoms with Crippen molar-refractivity contribution in [1.29, 1.82) is 0 Å². The first-order valence-corrected chi connectivity index (χ1v) is 11.1.